The van der Waals surface area contributed by atoms with Crippen molar-refractivity contribution in [1.82, 2.24) is 5.32 Å². The zero-order valence-electron chi connectivity index (χ0n) is 11.1. The van der Waals surface area contributed by atoms with Crippen LogP contribution in [0.5, 0.6) is 0 Å². The second-order valence-corrected chi connectivity index (χ2v) is 5.37. The van der Waals surface area contributed by atoms with E-state index in [0.717, 1.165) is 24.1 Å². The number of amides is 1. The summed E-state index contributed by atoms with van der Waals surface area (Å²) in [4.78, 5) is 14.1. The van der Waals surface area contributed by atoms with Crippen LogP contribution >= 0.6 is 12.2 Å². The molecule has 5 heteroatoms. The first-order valence-corrected chi connectivity index (χ1v) is 6.87. The molecule has 1 saturated carbocycles. The Kier molecular flexibility index (Phi) is 4.37. The van der Waals surface area contributed by atoms with Crippen LogP contribution in [0.15, 0.2) is 24.3 Å². The summed E-state index contributed by atoms with van der Waals surface area (Å²) in [5, 5.41) is 2.98. The molecule has 0 bridgehead atoms. The Morgan fingerprint density at radius 3 is 2.89 bits per heavy atom. The average Bonchev–Trinajstić information content (AvgIpc) is 3.20. The Morgan fingerprint density at radius 2 is 2.26 bits per heavy atom. The molecule has 0 spiro atoms. The van der Waals surface area contributed by atoms with Gasteiger partial charge in [0, 0.05) is 37.3 Å². The molecule has 1 aliphatic carbocycles. The lowest BCUT2D eigenvalue weighted by molar-refractivity contribution is -0.121. The van der Waals surface area contributed by atoms with Gasteiger partial charge in [0.25, 0.3) is 0 Å². The molecule has 0 unspecified atom stereocenters. The summed E-state index contributed by atoms with van der Waals surface area (Å²) in [6.07, 6.45) is 2.75. The van der Waals surface area contributed by atoms with E-state index in [1.165, 1.54) is 0 Å². The molecule has 0 aromatic heterocycles. The van der Waals surface area contributed by atoms with Crippen LogP contribution in [0.4, 0.5) is 5.69 Å². The number of hydrogen-bond acceptors (Lipinski definition) is 3. The number of carbonyl (C=O) groups is 1. The zero-order valence-corrected chi connectivity index (χ0v) is 11.9. The van der Waals surface area contributed by atoms with Crippen molar-refractivity contribution in [2.24, 2.45) is 5.73 Å². The normalized spacial score (nSPS) is 13.9. The molecule has 1 aliphatic rings. The molecule has 1 aromatic carbocycles. The summed E-state index contributed by atoms with van der Waals surface area (Å²) in [6, 6.07) is 8.17. The Labute approximate surface area is 119 Å². The highest BCUT2D eigenvalue weighted by Gasteiger charge is 2.22. The molecule has 1 fully saturated rings. The molecule has 1 amide bonds. The van der Waals surface area contributed by atoms with E-state index in [2.05, 4.69) is 5.32 Å². The van der Waals surface area contributed by atoms with Crippen molar-refractivity contribution in [2.75, 3.05) is 18.5 Å². The van der Waals surface area contributed by atoms with Crippen molar-refractivity contribution in [2.45, 2.75) is 25.3 Å². The molecular weight excluding hydrogens is 258 g/mol. The molecule has 2 rings (SSSR count). The largest absolute Gasteiger partial charge is 0.389 e. The number of rotatable bonds is 6. The van der Waals surface area contributed by atoms with Gasteiger partial charge >= 0.3 is 0 Å². The Morgan fingerprint density at radius 1 is 1.53 bits per heavy atom. The topological polar surface area (TPSA) is 58.4 Å². The summed E-state index contributed by atoms with van der Waals surface area (Å²) >= 11 is 4.96. The van der Waals surface area contributed by atoms with Crippen molar-refractivity contribution >= 4 is 28.8 Å². The lowest BCUT2D eigenvalue weighted by Gasteiger charge is -2.19. The Hall–Kier alpha value is -1.62. The Bertz CT molecular complexity index is 485. The first-order valence-electron chi connectivity index (χ1n) is 6.46. The number of carbonyl (C=O) groups excluding carboxylic acids is 1. The number of nitrogens with one attached hydrogen (secondary N) is 1. The zero-order chi connectivity index (χ0) is 13.8. The summed E-state index contributed by atoms with van der Waals surface area (Å²) in [5.41, 5.74) is 7.48. The number of nitrogens with zero attached hydrogens (tertiary/aromatic N) is 1. The van der Waals surface area contributed by atoms with Crippen LogP contribution in [0.3, 0.4) is 0 Å². The van der Waals surface area contributed by atoms with Crippen molar-refractivity contribution in [1.29, 1.82) is 0 Å². The smallest absolute Gasteiger partial charge is 0.221 e. The van der Waals surface area contributed by atoms with Crippen LogP contribution in [-0.2, 0) is 4.79 Å². The molecule has 19 heavy (non-hydrogen) atoms. The molecule has 0 saturated heterocycles. The van der Waals surface area contributed by atoms with E-state index < -0.39 is 0 Å². The van der Waals surface area contributed by atoms with Crippen LogP contribution in [0.25, 0.3) is 0 Å². The van der Waals surface area contributed by atoms with Crippen molar-refractivity contribution in [3.05, 3.63) is 29.8 Å². The fourth-order valence-corrected chi connectivity index (χ4v) is 1.95. The second-order valence-electron chi connectivity index (χ2n) is 4.93. The fourth-order valence-electron chi connectivity index (χ4n) is 1.82. The molecular formula is C14H19N3OS. The van der Waals surface area contributed by atoms with Crippen LogP contribution in [0.1, 0.15) is 24.8 Å². The minimum absolute atomic E-state index is 0.125. The van der Waals surface area contributed by atoms with Gasteiger partial charge in [-0.25, -0.2) is 0 Å². The van der Waals surface area contributed by atoms with Gasteiger partial charge in [0.05, 0.1) is 0 Å². The number of nitrogens with two attached hydrogens (primary N) is 1. The van der Waals surface area contributed by atoms with Gasteiger partial charge in [0.1, 0.15) is 4.99 Å². The summed E-state index contributed by atoms with van der Waals surface area (Å²) in [7, 11) is 1.96. The van der Waals surface area contributed by atoms with Gasteiger partial charge in [0.2, 0.25) is 5.91 Å². The monoisotopic (exact) mass is 277 g/mol. The first kappa shape index (κ1) is 13.8. The lowest BCUT2D eigenvalue weighted by Crippen LogP contribution is -2.30. The van der Waals surface area contributed by atoms with Crippen LogP contribution in [-0.4, -0.2) is 30.5 Å². The van der Waals surface area contributed by atoms with Crippen LogP contribution < -0.4 is 16.0 Å². The number of benzene rings is 1. The van der Waals surface area contributed by atoms with E-state index >= 15 is 0 Å². The van der Waals surface area contributed by atoms with E-state index in [1.807, 2.05) is 36.2 Å². The minimum Gasteiger partial charge on any atom is -0.389 e. The number of hydrogen-bond donors (Lipinski definition) is 2. The van der Waals surface area contributed by atoms with Gasteiger partial charge in [-0.3, -0.25) is 4.79 Å². The predicted octanol–water partition coefficient (Wildman–Crippen LogP) is 1.43. The van der Waals surface area contributed by atoms with E-state index in [1.54, 1.807) is 0 Å². The maximum absolute atomic E-state index is 11.6. The predicted molar refractivity (Wildman–Crippen MR) is 81.4 cm³/mol. The lowest BCUT2D eigenvalue weighted by atomic mass is 10.2. The summed E-state index contributed by atoms with van der Waals surface area (Å²) < 4.78 is 0. The maximum atomic E-state index is 11.6. The van der Waals surface area contributed by atoms with Gasteiger partial charge in [0.15, 0.2) is 0 Å². The van der Waals surface area contributed by atoms with Gasteiger partial charge in [-0.05, 0) is 25.0 Å². The van der Waals surface area contributed by atoms with E-state index in [0.29, 0.717) is 24.0 Å². The molecule has 102 valence electrons. The molecule has 0 atom stereocenters. The minimum atomic E-state index is 0.125. The third kappa shape index (κ3) is 4.21. The third-order valence-electron chi connectivity index (χ3n) is 3.19. The van der Waals surface area contributed by atoms with Crippen LogP contribution in [0.2, 0.25) is 0 Å². The molecule has 4 nitrogen and oxygen atoms in total. The summed E-state index contributed by atoms with van der Waals surface area (Å²) in [6.45, 7) is 0.680. The van der Waals surface area contributed by atoms with Gasteiger partial charge in [-0.2, -0.15) is 0 Å². The van der Waals surface area contributed by atoms with Gasteiger partial charge < -0.3 is 16.0 Å². The molecule has 0 aliphatic heterocycles. The highest BCUT2D eigenvalue weighted by molar-refractivity contribution is 7.80. The highest BCUT2D eigenvalue weighted by Crippen LogP contribution is 2.19. The molecule has 0 heterocycles. The summed E-state index contributed by atoms with van der Waals surface area (Å²) in [5.74, 6) is 0.125. The van der Waals surface area contributed by atoms with Crippen molar-refractivity contribution < 1.29 is 4.79 Å². The van der Waals surface area contributed by atoms with Crippen LogP contribution in [0, 0.1) is 0 Å². The number of anilines is 1. The van der Waals surface area contributed by atoms with Gasteiger partial charge in [-0.1, -0.05) is 24.4 Å². The molecule has 0 radical (unpaired) electrons. The maximum Gasteiger partial charge on any atom is 0.221 e. The van der Waals surface area contributed by atoms with E-state index in [-0.39, 0.29) is 5.91 Å². The second kappa shape index (κ2) is 6.02. The molecule has 3 N–H and O–H groups in total. The third-order valence-corrected chi connectivity index (χ3v) is 3.42. The SMILES string of the molecule is CN(CCC(=O)NC1CC1)c1cccc(C(N)=S)c1. The standard InChI is InChI=1S/C14H19N3OS/c1-17(8-7-13(18)16-11-5-6-11)12-4-2-3-10(9-12)14(15)19/h2-4,9,11H,5-8H2,1H3,(H2,15,19)(H,16,18). The van der Waals surface area contributed by atoms with Gasteiger partial charge in [-0.15, -0.1) is 0 Å². The molecule has 1 aromatic rings. The quantitative estimate of drug-likeness (QED) is 0.772. The number of thiocarbonyl (C=S) groups is 1. The van der Waals surface area contributed by atoms with E-state index in [4.69, 9.17) is 18.0 Å². The highest BCUT2D eigenvalue weighted by atomic mass is 32.1. The van der Waals surface area contributed by atoms with Crippen molar-refractivity contribution in [3.8, 4) is 0 Å². The fraction of sp³-hybridized carbons (Fsp3) is 0.429. The first-order chi connectivity index (χ1) is 9.06. The average molecular weight is 277 g/mol. The van der Waals surface area contributed by atoms with E-state index in [9.17, 15) is 4.79 Å². The Balaban J connectivity index is 1.87. The van der Waals surface area contributed by atoms with Crippen molar-refractivity contribution in [3.63, 3.8) is 0 Å².